The van der Waals surface area contributed by atoms with E-state index < -0.39 is 11.0 Å². The van der Waals surface area contributed by atoms with Crippen LogP contribution in [0.1, 0.15) is 12.5 Å². The third kappa shape index (κ3) is 2.60. The summed E-state index contributed by atoms with van der Waals surface area (Å²) < 4.78 is 0. The van der Waals surface area contributed by atoms with Gasteiger partial charge in [-0.3, -0.25) is 4.79 Å². The molecule has 1 aliphatic heterocycles. The van der Waals surface area contributed by atoms with E-state index in [0.29, 0.717) is 13.1 Å². The summed E-state index contributed by atoms with van der Waals surface area (Å²) in [5, 5.41) is 9.83. The Hall–Kier alpha value is -0.770. The first-order valence-corrected chi connectivity index (χ1v) is 7.17. The summed E-state index contributed by atoms with van der Waals surface area (Å²) >= 11 is 12.3. The number of aliphatic hydroxyl groups is 1. The van der Waals surface area contributed by atoms with E-state index in [1.165, 1.54) is 6.92 Å². The zero-order valence-electron chi connectivity index (χ0n) is 10.7. The minimum atomic E-state index is -1.30. The molecule has 1 aliphatic rings. The summed E-state index contributed by atoms with van der Waals surface area (Å²) in [6, 6.07) is 9.70. The summed E-state index contributed by atoms with van der Waals surface area (Å²) in [4.78, 5) is 12.8. The largest absolute Gasteiger partial charge is 0.391 e. The third-order valence-electron chi connectivity index (χ3n) is 3.66. The third-order valence-corrected chi connectivity index (χ3v) is 4.82. The van der Waals surface area contributed by atoms with Gasteiger partial charge in [-0.05, 0) is 12.5 Å². The molecule has 1 aromatic rings. The van der Waals surface area contributed by atoms with Gasteiger partial charge in [-0.15, -0.1) is 23.2 Å². The number of hydrogen-bond donors (Lipinski definition) is 1. The molecule has 2 rings (SSSR count). The normalized spacial score (nSPS) is 28.7. The molecule has 1 N–H and O–H groups in total. The SMILES string of the molecule is CC(O)C1(Cl)C(=O)N(Cc2ccccc2)CC1CCl. The van der Waals surface area contributed by atoms with Crippen LogP contribution in [-0.4, -0.2) is 39.3 Å². The van der Waals surface area contributed by atoms with Crippen molar-refractivity contribution in [1.82, 2.24) is 4.90 Å². The first-order valence-electron chi connectivity index (χ1n) is 6.26. The maximum atomic E-state index is 12.4. The molecule has 19 heavy (non-hydrogen) atoms. The molecule has 1 aromatic carbocycles. The van der Waals surface area contributed by atoms with Crippen LogP contribution in [0.5, 0.6) is 0 Å². The Morgan fingerprint density at radius 3 is 2.58 bits per heavy atom. The van der Waals surface area contributed by atoms with Crippen LogP contribution in [0.25, 0.3) is 0 Å². The number of carbonyl (C=O) groups excluding carboxylic acids is 1. The second-order valence-corrected chi connectivity index (χ2v) is 5.90. The lowest BCUT2D eigenvalue weighted by atomic mass is 9.91. The van der Waals surface area contributed by atoms with Crippen molar-refractivity contribution in [2.24, 2.45) is 5.92 Å². The molecule has 3 atom stereocenters. The average Bonchev–Trinajstić information content (AvgIpc) is 2.65. The zero-order valence-corrected chi connectivity index (χ0v) is 12.2. The van der Waals surface area contributed by atoms with Crippen molar-refractivity contribution in [2.75, 3.05) is 12.4 Å². The number of likely N-dealkylation sites (tertiary alicyclic amines) is 1. The van der Waals surface area contributed by atoms with Crippen molar-refractivity contribution in [2.45, 2.75) is 24.4 Å². The maximum Gasteiger partial charge on any atom is 0.247 e. The predicted octanol–water partition coefficient (Wildman–Crippen LogP) is 2.24. The molecule has 0 saturated carbocycles. The number of hydrogen-bond acceptors (Lipinski definition) is 2. The first-order chi connectivity index (χ1) is 9.00. The molecule has 0 aromatic heterocycles. The molecule has 1 fully saturated rings. The zero-order chi connectivity index (χ0) is 14.0. The number of rotatable bonds is 4. The lowest BCUT2D eigenvalue weighted by Gasteiger charge is -2.27. The van der Waals surface area contributed by atoms with E-state index in [-0.39, 0.29) is 17.7 Å². The van der Waals surface area contributed by atoms with Crippen molar-refractivity contribution < 1.29 is 9.90 Å². The van der Waals surface area contributed by atoms with Crippen molar-refractivity contribution in [1.29, 1.82) is 0 Å². The highest BCUT2D eigenvalue weighted by Gasteiger charge is 2.55. The quantitative estimate of drug-likeness (QED) is 0.867. The highest BCUT2D eigenvalue weighted by molar-refractivity contribution is 6.37. The summed E-state index contributed by atoms with van der Waals surface area (Å²) in [7, 11) is 0. The Kier molecular flexibility index (Phi) is 4.39. The van der Waals surface area contributed by atoms with Crippen LogP contribution in [-0.2, 0) is 11.3 Å². The van der Waals surface area contributed by atoms with Crippen molar-refractivity contribution in [3.8, 4) is 0 Å². The van der Waals surface area contributed by atoms with E-state index in [1.54, 1.807) is 4.90 Å². The Bertz CT molecular complexity index is 452. The van der Waals surface area contributed by atoms with Gasteiger partial charge < -0.3 is 10.0 Å². The molecular formula is C14H17Cl2NO2. The monoisotopic (exact) mass is 301 g/mol. The first kappa shape index (κ1) is 14.6. The summed E-state index contributed by atoms with van der Waals surface area (Å²) in [5.41, 5.74) is 1.04. The van der Waals surface area contributed by atoms with Crippen LogP contribution < -0.4 is 0 Å². The van der Waals surface area contributed by atoms with Gasteiger partial charge in [0.1, 0.15) is 0 Å². The number of benzene rings is 1. The predicted molar refractivity (Wildman–Crippen MR) is 76.3 cm³/mol. The smallest absolute Gasteiger partial charge is 0.247 e. The maximum absolute atomic E-state index is 12.4. The van der Waals surface area contributed by atoms with E-state index in [4.69, 9.17) is 23.2 Å². The molecular weight excluding hydrogens is 285 g/mol. The molecule has 3 nitrogen and oxygen atoms in total. The molecule has 0 aliphatic carbocycles. The fourth-order valence-electron chi connectivity index (χ4n) is 2.52. The molecule has 0 bridgehead atoms. The summed E-state index contributed by atoms with van der Waals surface area (Å²) in [5.74, 6) is -0.225. The van der Waals surface area contributed by atoms with Gasteiger partial charge in [-0.1, -0.05) is 30.3 Å². The molecule has 0 spiro atoms. The second kappa shape index (κ2) is 5.70. The molecule has 1 amide bonds. The summed E-state index contributed by atoms with van der Waals surface area (Å²) in [6.45, 7) is 2.51. The van der Waals surface area contributed by atoms with Gasteiger partial charge in [-0.2, -0.15) is 0 Å². The van der Waals surface area contributed by atoms with Crippen LogP contribution in [0, 0.1) is 5.92 Å². The topological polar surface area (TPSA) is 40.5 Å². The highest BCUT2D eigenvalue weighted by atomic mass is 35.5. The number of amides is 1. The Balaban J connectivity index is 2.19. The molecule has 104 valence electrons. The van der Waals surface area contributed by atoms with E-state index in [2.05, 4.69) is 0 Å². The molecule has 0 radical (unpaired) electrons. The van der Waals surface area contributed by atoms with Crippen LogP contribution >= 0.6 is 23.2 Å². The fourth-order valence-corrected chi connectivity index (χ4v) is 3.21. The van der Waals surface area contributed by atoms with Gasteiger partial charge in [0, 0.05) is 24.9 Å². The van der Waals surface area contributed by atoms with E-state index >= 15 is 0 Å². The van der Waals surface area contributed by atoms with Crippen molar-refractivity contribution in [3.05, 3.63) is 35.9 Å². The lowest BCUT2D eigenvalue weighted by Crippen LogP contribution is -2.47. The Morgan fingerprint density at radius 2 is 2.11 bits per heavy atom. The van der Waals surface area contributed by atoms with Crippen LogP contribution in [0.4, 0.5) is 0 Å². The minimum absolute atomic E-state index is 0.237. The Labute approximate surface area is 123 Å². The fraction of sp³-hybridized carbons (Fsp3) is 0.500. The number of carbonyl (C=O) groups is 1. The van der Waals surface area contributed by atoms with Crippen molar-refractivity contribution in [3.63, 3.8) is 0 Å². The lowest BCUT2D eigenvalue weighted by molar-refractivity contribution is -0.132. The van der Waals surface area contributed by atoms with Gasteiger partial charge in [-0.25, -0.2) is 0 Å². The highest BCUT2D eigenvalue weighted by Crippen LogP contribution is 2.39. The molecule has 1 saturated heterocycles. The van der Waals surface area contributed by atoms with Gasteiger partial charge in [0.25, 0.3) is 0 Å². The minimum Gasteiger partial charge on any atom is -0.391 e. The molecule has 1 heterocycles. The Morgan fingerprint density at radius 1 is 1.47 bits per heavy atom. The van der Waals surface area contributed by atoms with Gasteiger partial charge in [0.2, 0.25) is 5.91 Å². The van der Waals surface area contributed by atoms with E-state index in [9.17, 15) is 9.90 Å². The van der Waals surface area contributed by atoms with Gasteiger partial charge in [0.15, 0.2) is 4.87 Å². The van der Waals surface area contributed by atoms with E-state index in [0.717, 1.165) is 5.56 Å². The van der Waals surface area contributed by atoms with Gasteiger partial charge in [0.05, 0.1) is 6.10 Å². The number of nitrogens with zero attached hydrogens (tertiary/aromatic N) is 1. The number of alkyl halides is 2. The molecule has 5 heteroatoms. The number of halogens is 2. The number of aliphatic hydroxyl groups excluding tert-OH is 1. The van der Waals surface area contributed by atoms with Crippen molar-refractivity contribution >= 4 is 29.1 Å². The van der Waals surface area contributed by atoms with E-state index in [1.807, 2.05) is 30.3 Å². The van der Waals surface area contributed by atoms with Crippen LogP contribution in [0.2, 0.25) is 0 Å². The molecule has 3 unspecified atom stereocenters. The standard InChI is InChI=1S/C14H17Cl2NO2/c1-10(18)14(16)12(7-15)9-17(13(14)19)8-11-5-3-2-4-6-11/h2-6,10,12,18H,7-9H2,1H3. The van der Waals surface area contributed by atoms with Crippen LogP contribution in [0.3, 0.4) is 0 Å². The summed E-state index contributed by atoms with van der Waals surface area (Å²) in [6.07, 6.45) is -0.925. The van der Waals surface area contributed by atoms with Gasteiger partial charge >= 0.3 is 0 Å². The average molecular weight is 302 g/mol. The second-order valence-electron chi connectivity index (χ2n) is 4.97. The van der Waals surface area contributed by atoms with Crippen LogP contribution in [0.15, 0.2) is 30.3 Å².